The zero-order chi connectivity index (χ0) is 26.4. The minimum Gasteiger partial charge on any atom is -0.334 e. The number of carbonyl (C=O) groups excluding carboxylic acids is 2. The second-order valence-electron chi connectivity index (χ2n) is 10.8. The molecule has 0 radical (unpaired) electrons. The molecule has 0 saturated carbocycles. The van der Waals surface area contributed by atoms with Crippen molar-refractivity contribution in [2.24, 2.45) is 5.41 Å². The van der Waals surface area contributed by atoms with E-state index in [2.05, 4.69) is 0 Å². The van der Waals surface area contributed by atoms with Crippen molar-refractivity contribution in [2.45, 2.75) is 64.6 Å². The summed E-state index contributed by atoms with van der Waals surface area (Å²) in [5, 5.41) is 4.82. The molecule has 0 unspecified atom stereocenters. The highest BCUT2D eigenvalue weighted by atomic mass is 19.4. The Hall–Kier alpha value is -3.42. The van der Waals surface area contributed by atoms with Crippen LogP contribution in [0.4, 0.5) is 13.2 Å². The molecule has 194 valence electrons. The number of amides is 1. The van der Waals surface area contributed by atoms with Crippen molar-refractivity contribution >= 4 is 11.7 Å². The van der Waals surface area contributed by atoms with Gasteiger partial charge < -0.3 is 4.90 Å². The molecule has 0 spiro atoms. The summed E-state index contributed by atoms with van der Waals surface area (Å²) in [6.45, 7) is 4.61. The third-order valence-corrected chi connectivity index (χ3v) is 7.37. The zero-order valence-electron chi connectivity index (χ0n) is 21.0. The summed E-state index contributed by atoms with van der Waals surface area (Å²) in [6.07, 6.45) is -1.00. The SMILES string of the molecule is CC1(C)CC(=O)c2c([C@@H]3CCCN3C(=O)CCc3ccccc3)nn(-c3ccc(C(F)(F)F)cc3)c2C1. The fourth-order valence-electron chi connectivity index (χ4n) is 5.61. The average molecular weight is 510 g/mol. The van der Waals surface area contributed by atoms with E-state index in [0.29, 0.717) is 61.3 Å². The molecule has 2 heterocycles. The summed E-state index contributed by atoms with van der Waals surface area (Å²) < 4.78 is 41.0. The highest BCUT2D eigenvalue weighted by Crippen LogP contribution is 2.42. The summed E-state index contributed by atoms with van der Waals surface area (Å²) in [4.78, 5) is 28.5. The average Bonchev–Trinajstić information content (AvgIpc) is 3.47. The van der Waals surface area contributed by atoms with Crippen molar-refractivity contribution in [3.63, 3.8) is 0 Å². The lowest BCUT2D eigenvalue weighted by Gasteiger charge is -2.30. The number of alkyl halides is 3. The van der Waals surface area contributed by atoms with Gasteiger partial charge in [0.05, 0.1) is 34.2 Å². The molecule has 0 bridgehead atoms. The molecular weight excluding hydrogens is 479 g/mol. The smallest absolute Gasteiger partial charge is 0.334 e. The maximum atomic E-state index is 13.4. The van der Waals surface area contributed by atoms with Crippen LogP contribution in [0.5, 0.6) is 0 Å². The fraction of sp³-hybridized carbons (Fsp3) is 0.414. The number of likely N-dealkylation sites (tertiary alicyclic amines) is 1. The predicted octanol–water partition coefficient (Wildman–Crippen LogP) is 6.34. The number of Topliss-reactive ketones (excluding diaryl/α,β-unsaturated/α-hetero) is 1. The lowest BCUT2D eigenvalue weighted by Crippen LogP contribution is -2.33. The van der Waals surface area contributed by atoms with Crippen molar-refractivity contribution in [2.75, 3.05) is 6.54 Å². The van der Waals surface area contributed by atoms with Crippen molar-refractivity contribution in [3.8, 4) is 5.69 Å². The number of benzene rings is 2. The van der Waals surface area contributed by atoms with Crippen LogP contribution in [0.25, 0.3) is 5.69 Å². The molecule has 8 heteroatoms. The van der Waals surface area contributed by atoms with E-state index in [1.165, 1.54) is 12.1 Å². The molecule has 1 aliphatic heterocycles. The molecule has 5 rings (SSSR count). The van der Waals surface area contributed by atoms with E-state index in [1.807, 2.05) is 49.1 Å². The quantitative estimate of drug-likeness (QED) is 0.403. The second-order valence-corrected chi connectivity index (χ2v) is 10.8. The van der Waals surface area contributed by atoms with Gasteiger partial charge in [0.2, 0.25) is 5.91 Å². The number of aryl methyl sites for hydroxylation is 1. The van der Waals surface area contributed by atoms with E-state index in [0.717, 1.165) is 24.1 Å². The topological polar surface area (TPSA) is 55.2 Å². The maximum absolute atomic E-state index is 13.4. The predicted molar refractivity (Wildman–Crippen MR) is 133 cm³/mol. The largest absolute Gasteiger partial charge is 0.416 e. The van der Waals surface area contributed by atoms with Crippen LogP contribution in [-0.4, -0.2) is 32.9 Å². The highest BCUT2D eigenvalue weighted by Gasteiger charge is 2.41. The summed E-state index contributed by atoms with van der Waals surface area (Å²) in [5.74, 6) is -0.00392. The Morgan fingerprint density at radius 1 is 1.05 bits per heavy atom. The van der Waals surface area contributed by atoms with Crippen molar-refractivity contribution in [1.82, 2.24) is 14.7 Å². The van der Waals surface area contributed by atoms with Gasteiger partial charge >= 0.3 is 6.18 Å². The van der Waals surface area contributed by atoms with E-state index in [1.54, 1.807) is 4.68 Å². The first-order chi connectivity index (χ1) is 17.5. The summed E-state index contributed by atoms with van der Waals surface area (Å²) >= 11 is 0. The number of aromatic nitrogens is 2. The van der Waals surface area contributed by atoms with Gasteiger partial charge in [-0.05, 0) is 60.9 Å². The zero-order valence-corrected chi connectivity index (χ0v) is 21.0. The monoisotopic (exact) mass is 509 g/mol. The van der Waals surface area contributed by atoms with E-state index < -0.39 is 11.7 Å². The molecule has 1 saturated heterocycles. The molecule has 3 aromatic rings. The Kier molecular flexibility index (Phi) is 6.46. The molecule has 5 nitrogen and oxygen atoms in total. The third kappa shape index (κ3) is 5.06. The second kappa shape index (κ2) is 9.47. The van der Waals surface area contributed by atoms with Gasteiger partial charge in [0, 0.05) is 19.4 Å². The number of ketones is 1. The van der Waals surface area contributed by atoms with Gasteiger partial charge in [-0.2, -0.15) is 18.3 Å². The molecule has 1 aromatic heterocycles. The van der Waals surface area contributed by atoms with Crippen LogP contribution in [0.1, 0.15) is 78.4 Å². The maximum Gasteiger partial charge on any atom is 0.416 e. The van der Waals surface area contributed by atoms with Crippen LogP contribution in [0, 0.1) is 5.41 Å². The summed E-state index contributed by atoms with van der Waals surface area (Å²) in [6, 6.07) is 14.4. The Bertz CT molecular complexity index is 1310. The molecular formula is C29H30F3N3O2. The molecule has 2 aromatic carbocycles. The van der Waals surface area contributed by atoms with E-state index in [4.69, 9.17) is 5.10 Å². The first kappa shape index (κ1) is 25.2. The minimum atomic E-state index is -4.43. The first-order valence-corrected chi connectivity index (χ1v) is 12.7. The van der Waals surface area contributed by atoms with Crippen molar-refractivity contribution < 1.29 is 22.8 Å². The van der Waals surface area contributed by atoms with Gasteiger partial charge in [0.25, 0.3) is 0 Å². The van der Waals surface area contributed by atoms with Gasteiger partial charge in [-0.25, -0.2) is 4.68 Å². The van der Waals surface area contributed by atoms with Gasteiger partial charge in [-0.1, -0.05) is 44.2 Å². The van der Waals surface area contributed by atoms with Gasteiger partial charge in [0.15, 0.2) is 5.78 Å². The van der Waals surface area contributed by atoms with Crippen LogP contribution in [-0.2, 0) is 23.8 Å². The van der Waals surface area contributed by atoms with Crippen LogP contribution < -0.4 is 0 Å². The summed E-state index contributed by atoms with van der Waals surface area (Å²) in [5.41, 5.74) is 2.34. The standard InChI is InChI=1S/C29H30F3N3O2/c1-28(2)17-23-26(24(36)18-28)27(33-35(23)21-13-11-20(12-14-21)29(30,31)32)22-9-6-16-34(22)25(37)15-10-19-7-4-3-5-8-19/h3-5,7-8,11-14,22H,6,9-10,15-18H2,1-2H3/t22-/m0/s1. The number of fused-ring (bicyclic) bond motifs is 1. The Morgan fingerprint density at radius 3 is 2.43 bits per heavy atom. The Balaban J connectivity index is 1.50. The third-order valence-electron chi connectivity index (χ3n) is 7.37. The van der Waals surface area contributed by atoms with Crippen LogP contribution in [0.3, 0.4) is 0 Å². The van der Waals surface area contributed by atoms with Gasteiger partial charge in [-0.3, -0.25) is 9.59 Å². The van der Waals surface area contributed by atoms with Crippen molar-refractivity contribution in [1.29, 1.82) is 0 Å². The lowest BCUT2D eigenvalue weighted by molar-refractivity contribution is -0.137. The molecule has 1 amide bonds. The summed E-state index contributed by atoms with van der Waals surface area (Å²) in [7, 11) is 0. The Labute approximate surface area is 214 Å². The van der Waals surface area contributed by atoms with E-state index >= 15 is 0 Å². The first-order valence-electron chi connectivity index (χ1n) is 12.7. The number of hydrogen-bond donors (Lipinski definition) is 0. The van der Waals surface area contributed by atoms with Crippen LogP contribution >= 0.6 is 0 Å². The number of hydrogen-bond acceptors (Lipinski definition) is 3. The van der Waals surface area contributed by atoms with E-state index in [-0.39, 0.29) is 23.1 Å². The fourth-order valence-corrected chi connectivity index (χ4v) is 5.61. The highest BCUT2D eigenvalue weighted by molar-refractivity contribution is 6.00. The van der Waals surface area contributed by atoms with Gasteiger partial charge in [0.1, 0.15) is 0 Å². The normalized spacial score (nSPS) is 19.2. The molecule has 1 atom stereocenters. The number of nitrogens with zero attached hydrogens (tertiary/aromatic N) is 3. The molecule has 37 heavy (non-hydrogen) atoms. The number of halogens is 3. The van der Waals surface area contributed by atoms with E-state index in [9.17, 15) is 22.8 Å². The Morgan fingerprint density at radius 2 is 1.76 bits per heavy atom. The van der Waals surface area contributed by atoms with Crippen molar-refractivity contribution in [3.05, 3.63) is 82.7 Å². The lowest BCUT2D eigenvalue weighted by atomic mass is 9.75. The van der Waals surface area contributed by atoms with Crippen LogP contribution in [0.15, 0.2) is 54.6 Å². The minimum absolute atomic E-state index is 0.0211. The molecule has 1 fully saturated rings. The van der Waals surface area contributed by atoms with Crippen LogP contribution in [0.2, 0.25) is 0 Å². The molecule has 0 N–H and O–H groups in total. The molecule has 2 aliphatic rings. The number of rotatable bonds is 5. The number of carbonyl (C=O) groups is 2. The molecule has 1 aliphatic carbocycles. The van der Waals surface area contributed by atoms with Gasteiger partial charge in [-0.15, -0.1) is 0 Å².